The molecule has 0 atom stereocenters. The lowest BCUT2D eigenvalue weighted by molar-refractivity contribution is -0.666. The average Bonchev–Trinajstić information content (AvgIpc) is 2.22. The van der Waals surface area contributed by atoms with Gasteiger partial charge in [-0.25, -0.2) is 4.99 Å². The fourth-order valence-corrected chi connectivity index (χ4v) is 0.552. The normalized spacial score (nSPS) is 26.0. The summed E-state index contributed by atoms with van der Waals surface area (Å²) in [6.07, 6.45) is 1.99. The van der Waals surface area contributed by atoms with Gasteiger partial charge in [0.15, 0.2) is 6.34 Å². The summed E-state index contributed by atoms with van der Waals surface area (Å²) in [6.45, 7) is 2.55. The van der Waals surface area contributed by atoms with Crippen molar-refractivity contribution in [3.05, 3.63) is 0 Å². The predicted octanol–water partition coefficient (Wildman–Crippen LogP) is 0.105. The lowest BCUT2D eigenvalue weighted by atomic mass is 10.9. The number of rotatable bonds is 1. The first kappa shape index (κ1) is 4.78. The van der Waals surface area contributed by atoms with E-state index >= 15 is 0 Å². The minimum atomic E-state index is 1.05. The summed E-state index contributed by atoms with van der Waals surface area (Å²) >= 11 is 0. The quantitative estimate of drug-likeness (QED) is 0.191. The van der Waals surface area contributed by atoms with Gasteiger partial charge in [-0.3, -0.25) is 4.48 Å². The molecule has 0 N–H and O–H groups in total. The molecule has 1 rings (SSSR count). The topological polar surface area (TPSA) is 12.4 Å². The lowest BCUT2D eigenvalue weighted by Gasteiger charge is -1.97. The fourth-order valence-electron chi connectivity index (χ4n) is 0.552. The Morgan fingerprint density at radius 1 is 1.57 bits per heavy atom. The van der Waals surface area contributed by atoms with Gasteiger partial charge in [-0.05, 0) is 0 Å². The van der Waals surface area contributed by atoms with Crippen LogP contribution in [0.25, 0.3) is 0 Å². The van der Waals surface area contributed by atoms with Crippen molar-refractivity contribution in [2.24, 2.45) is 4.99 Å². The third-order valence-corrected chi connectivity index (χ3v) is 1.32. The summed E-state index contributed by atoms with van der Waals surface area (Å²) in [7, 11) is 3.99. The summed E-state index contributed by atoms with van der Waals surface area (Å²) < 4.78 is 1.05. The highest BCUT2D eigenvalue weighted by Crippen LogP contribution is 2.11. The Hall–Kier alpha value is -0.370. The molecule has 0 unspecified atom stereocenters. The maximum atomic E-state index is 3.92. The highest BCUT2D eigenvalue weighted by Gasteiger charge is 2.34. The molecule has 0 amide bonds. The molecule has 1 aliphatic heterocycles. The van der Waals surface area contributed by atoms with Gasteiger partial charge in [0.05, 0.1) is 7.05 Å². The van der Waals surface area contributed by atoms with Gasteiger partial charge >= 0.3 is 0 Å². The van der Waals surface area contributed by atoms with Gasteiger partial charge in [0, 0.05) is 7.05 Å². The number of aliphatic imine (C=N–C) groups is 1. The molecule has 0 aliphatic carbocycles. The van der Waals surface area contributed by atoms with Crippen molar-refractivity contribution in [2.75, 3.05) is 27.2 Å². The van der Waals surface area contributed by atoms with Gasteiger partial charge in [-0.1, -0.05) is 0 Å². The summed E-state index contributed by atoms with van der Waals surface area (Å²) in [6, 6.07) is 0. The maximum absolute atomic E-state index is 3.92. The SMILES string of the molecule is CN=C[N+]1(C)CC1. The van der Waals surface area contributed by atoms with Crippen LogP contribution in [0.15, 0.2) is 4.99 Å². The van der Waals surface area contributed by atoms with Crippen molar-refractivity contribution in [1.29, 1.82) is 0 Å². The third-order valence-electron chi connectivity index (χ3n) is 1.32. The van der Waals surface area contributed by atoms with Crippen LogP contribution in [0.5, 0.6) is 0 Å². The highest BCUT2D eigenvalue weighted by molar-refractivity contribution is 5.47. The molecular formula is C5H11N2+. The molecule has 0 spiro atoms. The molecule has 0 aromatic heterocycles. The third kappa shape index (κ3) is 0.996. The monoisotopic (exact) mass is 99.1 g/mol. The zero-order valence-corrected chi connectivity index (χ0v) is 4.89. The lowest BCUT2D eigenvalue weighted by Crippen LogP contribution is -2.15. The summed E-state index contributed by atoms with van der Waals surface area (Å²) in [4.78, 5) is 3.92. The van der Waals surface area contributed by atoms with Crippen molar-refractivity contribution in [2.45, 2.75) is 0 Å². The summed E-state index contributed by atoms with van der Waals surface area (Å²) in [5.41, 5.74) is 0. The zero-order valence-electron chi connectivity index (χ0n) is 4.89. The predicted molar refractivity (Wildman–Crippen MR) is 30.3 cm³/mol. The van der Waals surface area contributed by atoms with Crippen LogP contribution < -0.4 is 0 Å². The number of hydrogen-bond donors (Lipinski definition) is 0. The summed E-state index contributed by atoms with van der Waals surface area (Å²) in [5.74, 6) is 0. The first-order chi connectivity index (χ1) is 3.27. The van der Waals surface area contributed by atoms with Crippen LogP contribution in [0.1, 0.15) is 0 Å². The van der Waals surface area contributed by atoms with E-state index in [1.807, 2.05) is 13.4 Å². The molecule has 0 aromatic rings. The van der Waals surface area contributed by atoms with Gasteiger partial charge in [0.25, 0.3) is 0 Å². The Bertz CT molecular complexity index is 92.3. The molecule has 0 saturated carbocycles. The Balaban J connectivity index is 2.40. The smallest absolute Gasteiger partial charge is 0.185 e. The molecular weight excluding hydrogens is 88.1 g/mol. The summed E-state index contributed by atoms with van der Waals surface area (Å²) in [5, 5.41) is 0. The van der Waals surface area contributed by atoms with E-state index in [-0.39, 0.29) is 0 Å². The molecule has 1 heterocycles. The second-order valence-corrected chi connectivity index (χ2v) is 2.30. The molecule has 0 aromatic carbocycles. The van der Waals surface area contributed by atoms with E-state index in [1.165, 1.54) is 13.1 Å². The average molecular weight is 99.2 g/mol. The van der Waals surface area contributed by atoms with Crippen LogP contribution in [0, 0.1) is 0 Å². The molecule has 1 saturated heterocycles. The molecule has 40 valence electrons. The number of hydrogen-bond acceptors (Lipinski definition) is 1. The Labute approximate surface area is 44.1 Å². The van der Waals surface area contributed by atoms with Crippen LogP contribution >= 0.6 is 0 Å². The van der Waals surface area contributed by atoms with E-state index in [0.29, 0.717) is 0 Å². The highest BCUT2D eigenvalue weighted by atomic mass is 15.5. The largest absolute Gasteiger partial charge is 0.274 e. The van der Waals surface area contributed by atoms with Crippen LogP contribution in [-0.4, -0.2) is 38.0 Å². The fraction of sp³-hybridized carbons (Fsp3) is 0.800. The zero-order chi connectivity index (χ0) is 5.33. The Morgan fingerprint density at radius 2 is 2.14 bits per heavy atom. The number of likely N-dealkylation sites (N-methyl/N-ethyl adjacent to an activating group) is 1. The first-order valence-electron chi connectivity index (χ1n) is 2.54. The Kier molecular flexibility index (Phi) is 0.889. The van der Waals surface area contributed by atoms with Crippen molar-refractivity contribution in [1.82, 2.24) is 0 Å². The van der Waals surface area contributed by atoms with Crippen LogP contribution in [0.2, 0.25) is 0 Å². The van der Waals surface area contributed by atoms with Gasteiger partial charge in [0.2, 0.25) is 0 Å². The van der Waals surface area contributed by atoms with E-state index in [4.69, 9.17) is 0 Å². The van der Waals surface area contributed by atoms with Crippen LogP contribution in [0.3, 0.4) is 0 Å². The van der Waals surface area contributed by atoms with Gasteiger partial charge < -0.3 is 0 Å². The van der Waals surface area contributed by atoms with E-state index in [1.54, 1.807) is 0 Å². The van der Waals surface area contributed by atoms with E-state index in [0.717, 1.165) is 4.48 Å². The van der Waals surface area contributed by atoms with E-state index < -0.39 is 0 Å². The van der Waals surface area contributed by atoms with E-state index in [2.05, 4.69) is 12.0 Å². The van der Waals surface area contributed by atoms with Gasteiger partial charge in [0.1, 0.15) is 13.1 Å². The molecule has 0 bridgehead atoms. The Morgan fingerprint density at radius 3 is 2.29 bits per heavy atom. The molecule has 2 nitrogen and oxygen atoms in total. The molecule has 1 fully saturated rings. The van der Waals surface area contributed by atoms with Crippen molar-refractivity contribution in [3.63, 3.8) is 0 Å². The van der Waals surface area contributed by atoms with Gasteiger partial charge in [-0.15, -0.1) is 0 Å². The van der Waals surface area contributed by atoms with Crippen molar-refractivity contribution >= 4 is 6.34 Å². The van der Waals surface area contributed by atoms with E-state index in [9.17, 15) is 0 Å². The molecule has 7 heavy (non-hydrogen) atoms. The van der Waals surface area contributed by atoms with Crippen molar-refractivity contribution < 1.29 is 4.48 Å². The minimum absolute atomic E-state index is 1.05. The second-order valence-electron chi connectivity index (χ2n) is 2.30. The maximum Gasteiger partial charge on any atom is 0.185 e. The molecule has 1 aliphatic rings. The second kappa shape index (κ2) is 1.30. The number of nitrogens with zero attached hydrogens (tertiary/aromatic N) is 2. The minimum Gasteiger partial charge on any atom is -0.274 e. The standard InChI is InChI=1S/C5H11N2/c1-6-5-7(2)3-4-7/h5H,3-4H2,1-2H3/q+1. The number of quaternary nitrogens is 1. The molecule has 0 radical (unpaired) electrons. The van der Waals surface area contributed by atoms with Crippen LogP contribution in [0.4, 0.5) is 0 Å². The van der Waals surface area contributed by atoms with Gasteiger partial charge in [-0.2, -0.15) is 0 Å². The van der Waals surface area contributed by atoms with Crippen LogP contribution in [-0.2, 0) is 0 Å². The molecule has 2 heteroatoms. The first-order valence-corrected chi connectivity index (χ1v) is 2.54. The van der Waals surface area contributed by atoms with Crippen molar-refractivity contribution in [3.8, 4) is 0 Å².